The lowest BCUT2D eigenvalue weighted by Gasteiger charge is -2.46. The van der Waals surface area contributed by atoms with Gasteiger partial charge < -0.3 is 5.32 Å². The minimum Gasteiger partial charge on any atom is -0.315 e. The molecule has 1 aromatic carbocycles. The van der Waals surface area contributed by atoms with Gasteiger partial charge in [0, 0.05) is 11.6 Å². The van der Waals surface area contributed by atoms with Gasteiger partial charge >= 0.3 is 0 Å². The number of likely N-dealkylation sites (N-methyl/N-ethyl adjacent to an activating group) is 1. The summed E-state index contributed by atoms with van der Waals surface area (Å²) < 4.78 is 13.6. The second kappa shape index (κ2) is 7.08. The quantitative estimate of drug-likeness (QED) is 0.888. The Labute approximate surface area is 132 Å². The minimum absolute atomic E-state index is 0.0469. The van der Waals surface area contributed by atoms with Gasteiger partial charge in [-0.15, -0.1) is 0 Å². The van der Waals surface area contributed by atoms with Crippen LogP contribution in [0.1, 0.15) is 38.7 Å². The molecule has 1 saturated heterocycles. The average Bonchev–Trinajstić information content (AvgIpc) is 2.49. The van der Waals surface area contributed by atoms with Crippen LogP contribution in [0.25, 0.3) is 0 Å². The average molecular weight is 313 g/mol. The summed E-state index contributed by atoms with van der Waals surface area (Å²) in [5.41, 5.74) is 1.03. The molecule has 0 bridgehead atoms. The fraction of sp³-hybridized carbons (Fsp3) is 0.647. The summed E-state index contributed by atoms with van der Waals surface area (Å²) in [6.07, 6.45) is 4.68. The molecule has 1 aliphatic heterocycles. The molecule has 2 nitrogen and oxygen atoms in total. The third kappa shape index (κ3) is 3.97. The second-order valence-electron chi connectivity index (χ2n) is 6.50. The Morgan fingerprint density at radius 3 is 2.52 bits per heavy atom. The van der Waals surface area contributed by atoms with E-state index in [-0.39, 0.29) is 22.4 Å². The third-order valence-electron chi connectivity index (χ3n) is 4.80. The molecule has 1 aliphatic rings. The molecular weight excluding hydrogens is 287 g/mol. The first-order valence-corrected chi connectivity index (χ1v) is 8.19. The minimum atomic E-state index is -0.334. The van der Waals surface area contributed by atoms with Gasteiger partial charge in [0.25, 0.3) is 0 Å². The van der Waals surface area contributed by atoms with Crippen LogP contribution < -0.4 is 5.32 Å². The van der Waals surface area contributed by atoms with Crippen LogP contribution >= 0.6 is 11.6 Å². The van der Waals surface area contributed by atoms with Crippen LogP contribution in [0.2, 0.25) is 5.02 Å². The predicted octanol–water partition coefficient (Wildman–Crippen LogP) is 3.87. The molecule has 118 valence electrons. The van der Waals surface area contributed by atoms with Gasteiger partial charge in [0.2, 0.25) is 0 Å². The summed E-state index contributed by atoms with van der Waals surface area (Å²) in [6.45, 7) is 6.87. The Kier molecular flexibility index (Phi) is 5.64. The standard InChI is InChI=1S/C17H26ClFN2/c1-17(2,21-9-5-4-6-10-21)16(20-3)12-13-7-8-14(18)15(19)11-13/h7-8,11,16,20H,4-6,9-10,12H2,1-3H3. The molecule has 1 aromatic rings. The maximum atomic E-state index is 13.6. The van der Waals surface area contributed by atoms with Gasteiger partial charge in [-0.05, 0) is 70.9 Å². The molecule has 2 rings (SSSR count). The van der Waals surface area contributed by atoms with E-state index in [0.717, 1.165) is 25.1 Å². The van der Waals surface area contributed by atoms with E-state index < -0.39 is 0 Å². The van der Waals surface area contributed by atoms with Crippen molar-refractivity contribution in [2.75, 3.05) is 20.1 Å². The van der Waals surface area contributed by atoms with Gasteiger partial charge in [-0.25, -0.2) is 4.39 Å². The van der Waals surface area contributed by atoms with Crippen LogP contribution in [-0.4, -0.2) is 36.6 Å². The highest BCUT2D eigenvalue weighted by Crippen LogP contribution is 2.26. The van der Waals surface area contributed by atoms with Crippen molar-refractivity contribution in [2.24, 2.45) is 0 Å². The van der Waals surface area contributed by atoms with Gasteiger partial charge in [-0.2, -0.15) is 0 Å². The Balaban J connectivity index is 2.12. The number of halogens is 2. The molecular formula is C17H26ClFN2. The smallest absolute Gasteiger partial charge is 0.142 e. The Morgan fingerprint density at radius 2 is 1.95 bits per heavy atom. The van der Waals surface area contributed by atoms with Crippen LogP contribution in [-0.2, 0) is 6.42 Å². The van der Waals surface area contributed by atoms with Crippen LogP contribution in [0.5, 0.6) is 0 Å². The molecule has 0 spiro atoms. The predicted molar refractivity (Wildman–Crippen MR) is 87.5 cm³/mol. The first-order valence-electron chi connectivity index (χ1n) is 7.81. The van der Waals surface area contributed by atoms with Crippen molar-refractivity contribution in [3.05, 3.63) is 34.6 Å². The molecule has 1 heterocycles. The SMILES string of the molecule is CNC(Cc1ccc(Cl)c(F)c1)C(C)(C)N1CCCCC1. The van der Waals surface area contributed by atoms with E-state index in [0.29, 0.717) is 0 Å². The van der Waals surface area contributed by atoms with E-state index in [4.69, 9.17) is 11.6 Å². The number of benzene rings is 1. The zero-order chi connectivity index (χ0) is 15.5. The third-order valence-corrected chi connectivity index (χ3v) is 5.10. The Bertz CT molecular complexity index is 470. The molecule has 0 radical (unpaired) electrons. The lowest BCUT2D eigenvalue weighted by atomic mass is 9.86. The van der Waals surface area contributed by atoms with Gasteiger partial charge in [0.05, 0.1) is 5.02 Å². The molecule has 1 unspecified atom stereocenters. The molecule has 0 aliphatic carbocycles. The fourth-order valence-electron chi connectivity index (χ4n) is 3.30. The van der Waals surface area contributed by atoms with Crippen LogP contribution in [0.4, 0.5) is 4.39 Å². The maximum Gasteiger partial charge on any atom is 0.142 e. The number of piperidine rings is 1. The normalized spacial score (nSPS) is 18.7. The number of hydrogen-bond acceptors (Lipinski definition) is 2. The van der Waals surface area contributed by atoms with Crippen molar-refractivity contribution in [1.29, 1.82) is 0 Å². The fourth-order valence-corrected chi connectivity index (χ4v) is 3.42. The van der Waals surface area contributed by atoms with E-state index >= 15 is 0 Å². The molecule has 4 heteroatoms. The van der Waals surface area contributed by atoms with Gasteiger partial charge in [-0.3, -0.25) is 4.90 Å². The highest BCUT2D eigenvalue weighted by Gasteiger charge is 2.35. The van der Waals surface area contributed by atoms with Crippen molar-refractivity contribution < 1.29 is 4.39 Å². The molecule has 21 heavy (non-hydrogen) atoms. The summed E-state index contributed by atoms with van der Waals surface area (Å²) in [5.74, 6) is -0.334. The lowest BCUT2D eigenvalue weighted by Crippen LogP contribution is -2.59. The highest BCUT2D eigenvalue weighted by molar-refractivity contribution is 6.30. The Morgan fingerprint density at radius 1 is 1.29 bits per heavy atom. The molecule has 0 aromatic heterocycles. The summed E-state index contributed by atoms with van der Waals surface area (Å²) >= 11 is 5.76. The van der Waals surface area contributed by atoms with E-state index in [1.54, 1.807) is 12.1 Å². The summed E-state index contributed by atoms with van der Waals surface area (Å²) in [7, 11) is 1.99. The molecule has 1 atom stereocenters. The number of nitrogens with one attached hydrogen (secondary N) is 1. The van der Waals surface area contributed by atoms with Crippen molar-refractivity contribution in [1.82, 2.24) is 10.2 Å². The first-order chi connectivity index (χ1) is 9.95. The summed E-state index contributed by atoms with van der Waals surface area (Å²) in [4.78, 5) is 2.56. The van der Waals surface area contributed by atoms with Gasteiger partial charge in [0.1, 0.15) is 5.82 Å². The maximum absolute atomic E-state index is 13.6. The van der Waals surface area contributed by atoms with Crippen LogP contribution in [0.15, 0.2) is 18.2 Å². The molecule has 1 N–H and O–H groups in total. The number of rotatable bonds is 5. The van der Waals surface area contributed by atoms with Crippen molar-refractivity contribution in [3.63, 3.8) is 0 Å². The number of hydrogen-bond donors (Lipinski definition) is 1. The van der Waals surface area contributed by atoms with E-state index in [1.807, 2.05) is 13.1 Å². The monoisotopic (exact) mass is 312 g/mol. The highest BCUT2D eigenvalue weighted by atomic mass is 35.5. The Hall–Kier alpha value is -0.640. The van der Waals surface area contributed by atoms with Crippen molar-refractivity contribution >= 4 is 11.6 Å². The van der Waals surface area contributed by atoms with E-state index in [1.165, 1.54) is 19.3 Å². The summed E-state index contributed by atoms with van der Waals surface area (Å²) in [6, 6.07) is 5.39. The first kappa shape index (κ1) is 16.7. The van der Waals surface area contributed by atoms with E-state index in [2.05, 4.69) is 24.1 Å². The topological polar surface area (TPSA) is 15.3 Å². The van der Waals surface area contributed by atoms with Gasteiger partial charge in [0.15, 0.2) is 0 Å². The van der Waals surface area contributed by atoms with Gasteiger partial charge in [-0.1, -0.05) is 24.1 Å². The lowest BCUT2D eigenvalue weighted by molar-refractivity contribution is 0.0635. The van der Waals surface area contributed by atoms with Crippen molar-refractivity contribution in [3.8, 4) is 0 Å². The molecule has 0 saturated carbocycles. The number of likely N-dealkylation sites (tertiary alicyclic amines) is 1. The van der Waals surface area contributed by atoms with Crippen molar-refractivity contribution in [2.45, 2.75) is 51.1 Å². The number of nitrogens with zero attached hydrogens (tertiary/aromatic N) is 1. The molecule has 1 fully saturated rings. The second-order valence-corrected chi connectivity index (χ2v) is 6.90. The van der Waals surface area contributed by atoms with Crippen LogP contribution in [0, 0.1) is 5.82 Å². The zero-order valence-electron chi connectivity index (χ0n) is 13.3. The largest absolute Gasteiger partial charge is 0.315 e. The summed E-state index contributed by atoms with van der Waals surface area (Å²) in [5, 5.41) is 3.61. The van der Waals surface area contributed by atoms with E-state index in [9.17, 15) is 4.39 Å². The molecule has 0 amide bonds. The zero-order valence-corrected chi connectivity index (χ0v) is 14.0. The van der Waals surface area contributed by atoms with Crippen LogP contribution in [0.3, 0.4) is 0 Å².